The zero-order chi connectivity index (χ0) is 20.5. The molecule has 1 saturated heterocycles. The van der Waals surface area contributed by atoms with Crippen molar-refractivity contribution in [2.24, 2.45) is 5.92 Å². The lowest BCUT2D eigenvalue weighted by atomic mass is 9.90. The van der Waals surface area contributed by atoms with E-state index in [0.29, 0.717) is 36.3 Å². The number of benzene rings is 2. The van der Waals surface area contributed by atoms with Crippen molar-refractivity contribution in [2.75, 3.05) is 40.5 Å². The highest BCUT2D eigenvalue weighted by Crippen LogP contribution is 2.27. The molecule has 2 aromatic carbocycles. The van der Waals surface area contributed by atoms with Crippen molar-refractivity contribution in [1.82, 2.24) is 10.2 Å². The zero-order valence-electron chi connectivity index (χ0n) is 17.2. The SMILES string of the molecule is COc1cc(OC)cc(OCCNC(=O)N2CCC(Cc3ccccc3)CC2)c1. The van der Waals surface area contributed by atoms with Gasteiger partial charge < -0.3 is 24.4 Å². The number of rotatable bonds is 8. The van der Waals surface area contributed by atoms with Crippen LogP contribution in [0.25, 0.3) is 0 Å². The van der Waals surface area contributed by atoms with Crippen LogP contribution in [0.15, 0.2) is 48.5 Å². The van der Waals surface area contributed by atoms with E-state index in [1.54, 1.807) is 32.4 Å². The Bertz CT molecular complexity index is 751. The summed E-state index contributed by atoms with van der Waals surface area (Å²) >= 11 is 0. The molecule has 2 amide bonds. The molecule has 0 radical (unpaired) electrons. The fourth-order valence-corrected chi connectivity index (χ4v) is 3.59. The first-order chi connectivity index (χ1) is 14.2. The van der Waals surface area contributed by atoms with Crippen molar-refractivity contribution in [3.63, 3.8) is 0 Å². The Labute approximate surface area is 172 Å². The van der Waals surface area contributed by atoms with Crippen LogP contribution in [0.1, 0.15) is 18.4 Å². The molecular weight excluding hydrogens is 368 g/mol. The predicted octanol–water partition coefficient (Wildman–Crippen LogP) is 3.75. The molecule has 0 unspecified atom stereocenters. The molecule has 6 heteroatoms. The minimum absolute atomic E-state index is 0.0185. The third-order valence-electron chi connectivity index (χ3n) is 5.24. The van der Waals surface area contributed by atoms with Gasteiger partial charge in [-0.15, -0.1) is 0 Å². The second kappa shape index (κ2) is 10.6. The number of nitrogens with zero attached hydrogens (tertiary/aromatic N) is 1. The number of ether oxygens (including phenoxy) is 3. The van der Waals surface area contributed by atoms with Crippen LogP contribution in [0.3, 0.4) is 0 Å². The highest BCUT2D eigenvalue weighted by Gasteiger charge is 2.22. The van der Waals surface area contributed by atoms with Gasteiger partial charge in [0.05, 0.1) is 20.8 Å². The van der Waals surface area contributed by atoms with Gasteiger partial charge in [0.2, 0.25) is 0 Å². The molecule has 0 saturated carbocycles. The molecule has 1 heterocycles. The molecule has 2 aromatic rings. The average Bonchev–Trinajstić information content (AvgIpc) is 2.77. The number of hydrogen-bond acceptors (Lipinski definition) is 4. The lowest BCUT2D eigenvalue weighted by molar-refractivity contribution is 0.168. The number of likely N-dealkylation sites (tertiary alicyclic amines) is 1. The van der Waals surface area contributed by atoms with E-state index in [2.05, 4.69) is 29.6 Å². The highest BCUT2D eigenvalue weighted by atomic mass is 16.5. The predicted molar refractivity (Wildman–Crippen MR) is 113 cm³/mol. The van der Waals surface area contributed by atoms with Gasteiger partial charge in [0.15, 0.2) is 0 Å². The molecule has 6 nitrogen and oxygen atoms in total. The number of nitrogens with one attached hydrogen (secondary N) is 1. The first kappa shape index (κ1) is 20.8. The summed E-state index contributed by atoms with van der Waals surface area (Å²) < 4.78 is 16.2. The van der Waals surface area contributed by atoms with Crippen molar-refractivity contribution in [1.29, 1.82) is 0 Å². The fraction of sp³-hybridized carbons (Fsp3) is 0.435. The Kier molecular flexibility index (Phi) is 7.61. The Morgan fingerprint density at radius 2 is 1.62 bits per heavy atom. The van der Waals surface area contributed by atoms with Crippen LogP contribution in [0, 0.1) is 5.92 Å². The number of carbonyl (C=O) groups is 1. The Morgan fingerprint density at radius 1 is 1.00 bits per heavy atom. The van der Waals surface area contributed by atoms with Crippen LogP contribution < -0.4 is 19.5 Å². The van der Waals surface area contributed by atoms with Crippen LogP contribution in [0.5, 0.6) is 17.2 Å². The molecular formula is C23H30N2O4. The van der Waals surface area contributed by atoms with Crippen LogP contribution >= 0.6 is 0 Å². The van der Waals surface area contributed by atoms with Gasteiger partial charge in [0.1, 0.15) is 23.9 Å². The molecule has 0 atom stereocenters. The van der Waals surface area contributed by atoms with Crippen molar-refractivity contribution in [3.05, 3.63) is 54.1 Å². The van der Waals surface area contributed by atoms with Crippen LogP contribution in [-0.4, -0.2) is 51.4 Å². The largest absolute Gasteiger partial charge is 0.496 e. The second-order valence-corrected chi connectivity index (χ2v) is 7.25. The zero-order valence-corrected chi connectivity index (χ0v) is 17.2. The van der Waals surface area contributed by atoms with Gasteiger partial charge >= 0.3 is 6.03 Å². The van der Waals surface area contributed by atoms with E-state index in [1.165, 1.54) is 5.56 Å². The summed E-state index contributed by atoms with van der Waals surface area (Å²) in [7, 11) is 3.20. The fourth-order valence-electron chi connectivity index (χ4n) is 3.59. The van der Waals surface area contributed by atoms with Gasteiger partial charge in [0, 0.05) is 31.3 Å². The summed E-state index contributed by atoms with van der Waals surface area (Å²) in [5.41, 5.74) is 1.38. The summed E-state index contributed by atoms with van der Waals surface area (Å²) in [5.74, 6) is 2.63. The number of urea groups is 1. The summed E-state index contributed by atoms with van der Waals surface area (Å²) in [5, 5.41) is 2.94. The van der Waals surface area contributed by atoms with E-state index < -0.39 is 0 Å². The van der Waals surface area contributed by atoms with Gasteiger partial charge in [-0.3, -0.25) is 0 Å². The molecule has 1 N–H and O–H groups in total. The molecule has 0 aliphatic carbocycles. The molecule has 3 rings (SSSR count). The van der Waals surface area contributed by atoms with Crippen molar-refractivity contribution < 1.29 is 19.0 Å². The van der Waals surface area contributed by atoms with E-state index in [-0.39, 0.29) is 6.03 Å². The molecule has 29 heavy (non-hydrogen) atoms. The third kappa shape index (κ3) is 6.31. The molecule has 0 bridgehead atoms. The summed E-state index contributed by atoms with van der Waals surface area (Å²) in [4.78, 5) is 14.3. The quantitative estimate of drug-likeness (QED) is 0.688. The number of amides is 2. The van der Waals surface area contributed by atoms with E-state index >= 15 is 0 Å². The average molecular weight is 399 g/mol. The van der Waals surface area contributed by atoms with E-state index in [4.69, 9.17) is 14.2 Å². The van der Waals surface area contributed by atoms with E-state index in [1.807, 2.05) is 11.0 Å². The first-order valence-electron chi connectivity index (χ1n) is 10.1. The van der Waals surface area contributed by atoms with Gasteiger partial charge in [-0.25, -0.2) is 4.79 Å². The van der Waals surface area contributed by atoms with Gasteiger partial charge in [-0.05, 0) is 30.7 Å². The maximum Gasteiger partial charge on any atom is 0.317 e. The van der Waals surface area contributed by atoms with Crippen molar-refractivity contribution >= 4 is 6.03 Å². The lowest BCUT2D eigenvalue weighted by Crippen LogP contribution is -2.45. The number of piperidine rings is 1. The molecule has 0 spiro atoms. The normalized spacial score (nSPS) is 14.3. The third-order valence-corrected chi connectivity index (χ3v) is 5.24. The van der Waals surface area contributed by atoms with Crippen LogP contribution in [-0.2, 0) is 6.42 Å². The highest BCUT2D eigenvalue weighted by molar-refractivity contribution is 5.74. The molecule has 1 aliphatic rings. The lowest BCUT2D eigenvalue weighted by Gasteiger charge is -2.32. The summed E-state index contributed by atoms with van der Waals surface area (Å²) in [6, 6.07) is 15.9. The minimum Gasteiger partial charge on any atom is -0.496 e. The van der Waals surface area contributed by atoms with Gasteiger partial charge in [0.25, 0.3) is 0 Å². The van der Waals surface area contributed by atoms with Crippen molar-refractivity contribution in [2.45, 2.75) is 19.3 Å². The summed E-state index contributed by atoms with van der Waals surface area (Å²) in [6.07, 6.45) is 3.18. The topological polar surface area (TPSA) is 60.0 Å². The summed E-state index contributed by atoms with van der Waals surface area (Å²) in [6.45, 7) is 2.43. The smallest absolute Gasteiger partial charge is 0.317 e. The standard InChI is InChI=1S/C23H30N2O4/c1-27-20-15-21(28-2)17-22(16-20)29-13-10-24-23(26)25-11-8-19(9-12-25)14-18-6-4-3-5-7-18/h3-7,15-17,19H,8-14H2,1-2H3,(H,24,26). The Balaban J connectivity index is 1.36. The molecule has 0 aromatic heterocycles. The Morgan fingerprint density at radius 3 is 2.24 bits per heavy atom. The van der Waals surface area contributed by atoms with Crippen LogP contribution in [0.4, 0.5) is 4.79 Å². The Hall–Kier alpha value is -2.89. The maximum atomic E-state index is 12.4. The van der Waals surface area contributed by atoms with Crippen LogP contribution in [0.2, 0.25) is 0 Å². The number of hydrogen-bond donors (Lipinski definition) is 1. The van der Waals surface area contributed by atoms with Gasteiger partial charge in [-0.2, -0.15) is 0 Å². The maximum absolute atomic E-state index is 12.4. The second-order valence-electron chi connectivity index (χ2n) is 7.25. The molecule has 1 aliphatic heterocycles. The molecule has 156 valence electrons. The first-order valence-corrected chi connectivity index (χ1v) is 10.1. The van der Waals surface area contributed by atoms with Gasteiger partial charge in [-0.1, -0.05) is 30.3 Å². The number of methoxy groups -OCH3 is 2. The number of carbonyl (C=O) groups excluding carboxylic acids is 1. The van der Waals surface area contributed by atoms with E-state index in [0.717, 1.165) is 32.4 Å². The molecule has 1 fully saturated rings. The minimum atomic E-state index is -0.0185. The van der Waals surface area contributed by atoms with Crippen molar-refractivity contribution in [3.8, 4) is 17.2 Å². The monoisotopic (exact) mass is 398 g/mol. The van der Waals surface area contributed by atoms with E-state index in [9.17, 15) is 4.79 Å².